The molecule has 11 nitrogen and oxygen atoms in total. The van der Waals surface area contributed by atoms with Crippen LogP contribution in [0.1, 0.15) is 33.5 Å². The van der Waals surface area contributed by atoms with E-state index in [2.05, 4.69) is 26.4 Å². The zero-order valence-corrected chi connectivity index (χ0v) is 18.1. The van der Waals surface area contributed by atoms with Crippen molar-refractivity contribution < 1.29 is 28.3 Å². The predicted molar refractivity (Wildman–Crippen MR) is 115 cm³/mol. The van der Waals surface area contributed by atoms with Crippen LogP contribution < -0.4 is 20.9 Å². The molecule has 0 radical (unpaired) electrons. The number of nitrogens with one attached hydrogen (secondary N) is 3. The van der Waals surface area contributed by atoms with Crippen molar-refractivity contribution in [3.63, 3.8) is 0 Å². The average Bonchev–Trinajstić information content (AvgIpc) is 3.44. The van der Waals surface area contributed by atoms with Crippen molar-refractivity contribution in [1.29, 1.82) is 0 Å². The summed E-state index contributed by atoms with van der Waals surface area (Å²) in [6.07, 6.45) is 0. The molecule has 4 rings (SSSR count). The largest absolute Gasteiger partial charge is 0.487 e. The summed E-state index contributed by atoms with van der Waals surface area (Å²) in [6.45, 7) is 2.11. The van der Waals surface area contributed by atoms with E-state index >= 15 is 0 Å². The number of aromatic nitrogens is 3. The van der Waals surface area contributed by atoms with Gasteiger partial charge >= 0.3 is 0 Å². The first-order valence-corrected chi connectivity index (χ1v) is 10.4. The van der Waals surface area contributed by atoms with E-state index in [1.807, 2.05) is 6.92 Å². The lowest BCUT2D eigenvalue weighted by atomic mass is 10.2. The number of nitrogens with zero attached hydrogens (tertiary/aromatic N) is 3. The SMILES string of the molecule is CCNC(=O)c1ccc(-n2nnc(C(=O)NC3CONC3=O)c2COc2cccc(F)c2)cc1. The van der Waals surface area contributed by atoms with Gasteiger partial charge in [-0.05, 0) is 43.3 Å². The molecule has 2 aromatic carbocycles. The highest BCUT2D eigenvalue weighted by Gasteiger charge is 2.30. The van der Waals surface area contributed by atoms with Crippen LogP contribution in [0.25, 0.3) is 5.69 Å². The summed E-state index contributed by atoms with van der Waals surface area (Å²) in [5.74, 6) is -1.60. The van der Waals surface area contributed by atoms with Gasteiger partial charge in [0, 0.05) is 18.2 Å². The van der Waals surface area contributed by atoms with Crippen molar-refractivity contribution in [2.24, 2.45) is 0 Å². The molecule has 3 N–H and O–H groups in total. The monoisotopic (exact) mass is 468 g/mol. The topological polar surface area (TPSA) is 136 Å². The Bertz CT molecular complexity index is 1210. The Morgan fingerprint density at radius 1 is 1.24 bits per heavy atom. The first kappa shape index (κ1) is 22.9. The molecular weight excluding hydrogens is 447 g/mol. The number of amides is 3. The molecular formula is C22H21FN6O5. The Kier molecular flexibility index (Phi) is 6.78. The highest BCUT2D eigenvalue weighted by Crippen LogP contribution is 2.19. The zero-order chi connectivity index (χ0) is 24.1. The first-order chi connectivity index (χ1) is 16.5. The number of halogens is 1. The maximum Gasteiger partial charge on any atom is 0.274 e. The van der Waals surface area contributed by atoms with Crippen LogP contribution in [0.15, 0.2) is 48.5 Å². The number of carbonyl (C=O) groups is 3. The summed E-state index contributed by atoms with van der Waals surface area (Å²) in [5.41, 5.74) is 3.30. The third kappa shape index (κ3) is 5.02. The molecule has 2 heterocycles. The van der Waals surface area contributed by atoms with Crippen molar-refractivity contribution >= 4 is 17.7 Å². The number of hydrogen-bond donors (Lipinski definition) is 3. The van der Waals surface area contributed by atoms with Crippen LogP contribution in [0.2, 0.25) is 0 Å². The van der Waals surface area contributed by atoms with Crippen molar-refractivity contribution in [3.05, 3.63) is 71.3 Å². The molecule has 1 unspecified atom stereocenters. The maximum atomic E-state index is 13.6. The molecule has 12 heteroatoms. The van der Waals surface area contributed by atoms with Gasteiger partial charge in [0.05, 0.1) is 5.69 Å². The lowest BCUT2D eigenvalue weighted by molar-refractivity contribution is -0.125. The molecule has 3 amide bonds. The fraction of sp³-hybridized carbons (Fsp3) is 0.227. The van der Waals surface area contributed by atoms with Gasteiger partial charge in [0.15, 0.2) is 5.69 Å². The number of benzene rings is 2. The minimum atomic E-state index is -0.883. The van der Waals surface area contributed by atoms with Gasteiger partial charge in [-0.3, -0.25) is 19.2 Å². The second kappa shape index (κ2) is 10.1. The summed E-state index contributed by atoms with van der Waals surface area (Å²) < 4.78 is 20.6. The van der Waals surface area contributed by atoms with Gasteiger partial charge in [-0.2, -0.15) is 0 Å². The molecule has 1 aliphatic rings. The van der Waals surface area contributed by atoms with E-state index in [0.29, 0.717) is 17.8 Å². The molecule has 0 aliphatic carbocycles. The molecule has 3 aromatic rings. The molecule has 1 fully saturated rings. The Labute approximate surface area is 193 Å². The van der Waals surface area contributed by atoms with Gasteiger partial charge in [-0.25, -0.2) is 14.6 Å². The highest BCUT2D eigenvalue weighted by molar-refractivity contribution is 5.97. The Morgan fingerprint density at radius 2 is 2.03 bits per heavy atom. The summed E-state index contributed by atoms with van der Waals surface area (Å²) >= 11 is 0. The van der Waals surface area contributed by atoms with E-state index in [1.54, 1.807) is 30.3 Å². The summed E-state index contributed by atoms with van der Waals surface area (Å²) in [7, 11) is 0. The van der Waals surface area contributed by atoms with Crippen molar-refractivity contribution in [2.45, 2.75) is 19.6 Å². The van der Waals surface area contributed by atoms with Crippen molar-refractivity contribution in [3.8, 4) is 11.4 Å². The summed E-state index contributed by atoms with van der Waals surface area (Å²) in [5, 5.41) is 13.3. The molecule has 1 saturated heterocycles. The molecule has 0 bridgehead atoms. The Balaban J connectivity index is 1.63. The number of ether oxygens (including phenoxy) is 1. The van der Waals surface area contributed by atoms with E-state index in [0.717, 1.165) is 0 Å². The van der Waals surface area contributed by atoms with Crippen LogP contribution in [-0.4, -0.2) is 51.9 Å². The van der Waals surface area contributed by atoms with Gasteiger partial charge in [-0.1, -0.05) is 11.3 Å². The minimum absolute atomic E-state index is 0.0326. The van der Waals surface area contributed by atoms with E-state index in [9.17, 15) is 18.8 Å². The van der Waals surface area contributed by atoms with E-state index < -0.39 is 23.7 Å². The van der Waals surface area contributed by atoms with Crippen LogP contribution in [0.3, 0.4) is 0 Å². The summed E-state index contributed by atoms with van der Waals surface area (Å²) in [4.78, 5) is 41.5. The van der Waals surface area contributed by atoms with E-state index in [4.69, 9.17) is 9.57 Å². The molecule has 0 spiro atoms. The lowest BCUT2D eigenvalue weighted by Crippen LogP contribution is -2.42. The predicted octanol–water partition coefficient (Wildman–Crippen LogP) is 0.895. The first-order valence-electron chi connectivity index (χ1n) is 10.4. The highest BCUT2D eigenvalue weighted by atomic mass is 19.1. The maximum absolute atomic E-state index is 13.6. The van der Waals surface area contributed by atoms with Gasteiger partial charge in [0.25, 0.3) is 17.7 Å². The molecule has 1 atom stereocenters. The second-order valence-electron chi connectivity index (χ2n) is 7.25. The standard InChI is InChI=1S/C22H21FN6O5/c1-2-24-20(30)13-6-8-15(9-7-13)29-18(12-33-16-5-3-4-14(23)10-16)19(26-28-29)22(32)25-17-11-34-27-21(17)31/h3-10,17H,2,11-12H2,1H3,(H,24,30)(H,25,32)(H,27,31). The van der Waals surface area contributed by atoms with Gasteiger partial charge in [-0.15, -0.1) is 5.10 Å². The number of hydroxylamine groups is 1. The molecule has 0 saturated carbocycles. The van der Waals surface area contributed by atoms with Crippen molar-refractivity contribution in [1.82, 2.24) is 31.1 Å². The Hall–Kier alpha value is -4.32. The smallest absolute Gasteiger partial charge is 0.274 e. The quantitative estimate of drug-likeness (QED) is 0.447. The third-order valence-corrected chi connectivity index (χ3v) is 4.91. The van der Waals surface area contributed by atoms with Gasteiger partial charge in [0.2, 0.25) is 0 Å². The lowest BCUT2D eigenvalue weighted by Gasteiger charge is -2.12. The van der Waals surface area contributed by atoms with Crippen molar-refractivity contribution in [2.75, 3.05) is 13.2 Å². The molecule has 1 aromatic heterocycles. The van der Waals surface area contributed by atoms with Gasteiger partial charge in [0.1, 0.15) is 36.5 Å². The normalized spacial score (nSPS) is 15.0. The fourth-order valence-corrected chi connectivity index (χ4v) is 3.22. The molecule has 1 aliphatic heterocycles. The number of rotatable bonds is 8. The fourth-order valence-electron chi connectivity index (χ4n) is 3.22. The van der Waals surface area contributed by atoms with Crippen LogP contribution in [-0.2, 0) is 16.2 Å². The minimum Gasteiger partial charge on any atom is -0.487 e. The van der Waals surface area contributed by atoms with Crippen LogP contribution >= 0.6 is 0 Å². The zero-order valence-electron chi connectivity index (χ0n) is 18.1. The van der Waals surface area contributed by atoms with Crippen LogP contribution in [0.5, 0.6) is 5.75 Å². The van der Waals surface area contributed by atoms with Crippen LogP contribution in [0.4, 0.5) is 4.39 Å². The Morgan fingerprint density at radius 3 is 2.71 bits per heavy atom. The average molecular weight is 468 g/mol. The van der Waals surface area contributed by atoms with Gasteiger partial charge < -0.3 is 15.4 Å². The van der Waals surface area contributed by atoms with Crippen LogP contribution in [0, 0.1) is 5.82 Å². The number of hydrogen-bond acceptors (Lipinski definition) is 7. The van der Waals surface area contributed by atoms with E-state index in [1.165, 1.54) is 22.9 Å². The summed E-state index contributed by atoms with van der Waals surface area (Å²) in [6, 6.07) is 11.2. The molecule has 176 valence electrons. The number of carbonyl (C=O) groups excluding carboxylic acids is 3. The second-order valence-corrected chi connectivity index (χ2v) is 7.25. The molecule has 34 heavy (non-hydrogen) atoms. The third-order valence-electron chi connectivity index (χ3n) is 4.91. The van der Waals surface area contributed by atoms with E-state index in [-0.39, 0.29) is 36.3 Å².